The molecule has 0 aliphatic carbocycles. The van der Waals surface area contributed by atoms with Crippen LogP contribution in [-0.2, 0) is 4.79 Å². The van der Waals surface area contributed by atoms with Gasteiger partial charge in [0.15, 0.2) is 0 Å². The summed E-state index contributed by atoms with van der Waals surface area (Å²) in [4.78, 5) is 10.4. The fraction of sp³-hybridized carbons (Fsp3) is 0.875. The van der Waals surface area contributed by atoms with Crippen molar-refractivity contribution in [2.75, 3.05) is 19.6 Å². The molecule has 0 spiro atoms. The minimum Gasteiger partial charge on any atom is -0.356 e. The highest BCUT2D eigenvalue weighted by atomic mass is 16.1. The topological polar surface area (TPSA) is 41.1 Å². The Kier molecular flexibility index (Phi) is 7.15. The first kappa shape index (κ1) is 10.4. The van der Waals surface area contributed by atoms with Gasteiger partial charge in [-0.25, -0.2) is 0 Å². The standard InChI is InChI=1S/C8H18N2O/c1-3-9-6-4-5-7-10-8(2)11/h9H,3-7H2,1-2H3,(H,10,11). The van der Waals surface area contributed by atoms with Crippen molar-refractivity contribution in [3.8, 4) is 0 Å². The van der Waals surface area contributed by atoms with Gasteiger partial charge >= 0.3 is 0 Å². The molecule has 0 bridgehead atoms. The van der Waals surface area contributed by atoms with Gasteiger partial charge in [0, 0.05) is 13.5 Å². The fourth-order valence-corrected chi connectivity index (χ4v) is 0.816. The van der Waals surface area contributed by atoms with Crippen LogP contribution in [0.3, 0.4) is 0 Å². The van der Waals surface area contributed by atoms with Gasteiger partial charge in [-0.2, -0.15) is 0 Å². The van der Waals surface area contributed by atoms with Crippen molar-refractivity contribution < 1.29 is 4.79 Å². The third-order valence-corrected chi connectivity index (χ3v) is 1.40. The van der Waals surface area contributed by atoms with E-state index in [9.17, 15) is 4.79 Å². The molecule has 1 amide bonds. The molecular weight excluding hydrogens is 140 g/mol. The van der Waals surface area contributed by atoms with Gasteiger partial charge in [0.1, 0.15) is 0 Å². The van der Waals surface area contributed by atoms with Crippen molar-refractivity contribution in [2.45, 2.75) is 26.7 Å². The highest BCUT2D eigenvalue weighted by Crippen LogP contribution is 1.83. The molecule has 0 unspecified atom stereocenters. The zero-order valence-electron chi connectivity index (χ0n) is 7.44. The fourth-order valence-electron chi connectivity index (χ4n) is 0.816. The third-order valence-electron chi connectivity index (χ3n) is 1.40. The van der Waals surface area contributed by atoms with Crippen molar-refractivity contribution in [1.29, 1.82) is 0 Å². The summed E-state index contributed by atoms with van der Waals surface area (Å²) < 4.78 is 0. The normalized spacial score (nSPS) is 9.64. The Morgan fingerprint density at radius 1 is 1.27 bits per heavy atom. The molecule has 0 heterocycles. The highest BCUT2D eigenvalue weighted by molar-refractivity contribution is 5.72. The second-order valence-corrected chi connectivity index (χ2v) is 2.54. The maximum absolute atomic E-state index is 10.4. The molecule has 11 heavy (non-hydrogen) atoms. The number of hydrogen-bond acceptors (Lipinski definition) is 2. The van der Waals surface area contributed by atoms with E-state index in [1.807, 2.05) is 0 Å². The second kappa shape index (κ2) is 7.54. The summed E-state index contributed by atoms with van der Waals surface area (Å²) in [5.74, 6) is 0.0634. The van der Waals surface area contributed by atoms with Crippen LogP contribution in [0.1, 0.15) is 26.7 Å². The lowest BCUT2D eigenvalue weighted by molar-refractivity contribution is -0.118. The Morgan fingerprint density at radius 3 is 2.45 bits per heavy atom. The molecule has 0 radical (unpaired) electrons. The Morgan fingerprint density at radius 2 is 1.91 bits per heavy atom. The number of carbonyl (C=O) groups excluding carboxylic acids is 1. The Labute approximate surface area is 68.6 Å². The Balaban J connectivity index is 2.85. The molecule has 0 saturated carbocycles. The molecular formula is C8H18N2O. The summed E-state index contributed by atoms with van der Waals surface area (Å²) in [6.45, 7) is 6.52. The van der Waals surface area contributed by atoms with Gasteiger partial charge in [-0.05, 0) is 25.9 Å². The molecule has 2 N–H and O–H groups in total. The predicted octanol–water partition coefficient (Wildman–Crippen LogP) is 0.512. The lowest BCUT2D eigenvalue weighted by Crippen LogP contribution is -2.22. The Hall–Kier alpha value is -0.570. The monoisotopic (exact) mass is 158 g/mol. The molecule has 3 nitrogen and oxygen atoms in total. The molecule has 0 fully saturated rings. The van der Waals surface area contributed by atoms with Gasteiger partial charge < -0.3 is 10.6 Å². The predicted molar refractivity (Wildman–Crippen MR) is 46.5 cm³/mol. The lowest BCUT2D eigenvalue weighted by atomic mass is 10.3. The zero-order valence-corrected chi connectivity index (χ0v) is 7.44. The number of rotatable bonds is 6. The zero-order chi connectivity index (χ0) is 8.53. The van der Waals surface area contributed by atoms with E-state index in [2.05, 4.69) is 17.6 Å². The van der Waals surface area contributed by atoms with Crippen LogP contribution in [0.25, 0.3) is 0 Å². The van der Waals surface area contributed by atoms with Crippen LogP contribution in [0.5, 0.6) is 0 Å². The smallest absolute Gasteiger partial charge is 0.216 e. The number of carbonyl (C=O) groups is 1. The number of nitrogens with one attached hydrogen (secondary N) is 2. The van der Waals surface area contributed by atoms with Gasteiger partial charge in [0.05, 0.1) is 0 Å². The van der Waals surface area contributed by atoms with Crippen LogP contribution in [-0.4, -0.2) is 25.5 Å². The van der Waals surface area contributed by atoms with Crippen LogP contribution < -0.4 is 10.6 Å². The maximum atomic E-state index is 10.4. The molecule has 0 rings (SSSR count). The molecule has 0 aliphatic heterocycles. The molecule has 66 valence electrons. The van der Waals surface area contributed by atoms with E-state index < -0.39 is 0 Å². The second-order valence-electron chi connectivity index (χ2n) is 2.54. The van der Waals surface area contributed by atoms with Crippen LogP contribution in [0, 0.1) is 0 Å². The van der Waals surface area contributed by atoms with Gasteiger partial charge in [0.25, 0.3) is 0 Å². The van der Waals surface area contributed by atoms with Gasteiger partial charge in [-0.1, -0.05) is 6.92 Å². The molecule has 0 aromatic heterocycles. The average molecular weight is 158 g/mol. The minimum absolute atomic E-state index is 0.0634. The largest absolute Gasteiger partial charge is 0.356 e. The maximum Gasteiger partial charge on any atom is 0.216 e. The molecule has 0 aliphatic rings. The van der Waals surface area contributed by atoms with E-state index in [0.717, 1.165) is 32.5 Å². The van der Waals surface area contributed by atoms with Gasteiger partial charge in [-0.3, -0.25) is 4.79 Å². The van der Waals surface area contributed by atoms with Crippen LogP contribution >= 0.6 is 0 Å². The summed E-state index contributed by atoms with van der Waals surface area (Å²) >= 11 is 0. The number of unbranched alkanes of at least 4 members (excludes halogenated alkanes) is 1. The van der Waals surface area contributed by atoms with Crippen molar-refractivity contribution in [3.05, 3.63) is 0 Å². The van der Waals surface area contributed by atoms with Crippen molar-refractivity contribution >= 4 is 5.91 Å². The summed E-state index contributed by atoms with van der Waals surface area (Å²) in [6.07, 6.45) is 2.20. The van der Waals surface area contributed by atoms with E-state index in [4.69, 9.17) is 0 Å². The van der Waals surface area contributed by atoms with E-state index in [1.165, 1.54) is 0 Å². The Bertz CT molecular complexity index is 104. The molecule has 0 saturated heterocycles. The van der Waals surface area contributed by atoms with E-state index in [0.29, 0.717) is 0 Å². The van der Waals surface area contributed by atoms with Crippen LogP contribution in [0.4, 0.5) is 0 Å². The average Bonchev–Trinajstić information content (AvgIpc) is 1.96. The van der Waals surface area contributed by atoms with Crippen molar-refractivity contribution in [2.24, 2.45) is 0 Å². The van der Waals surface area contributed by atoms with Crippen LogP contribution in [0.15, 0.2) is 0 Å². The van der Waals surface area contributed by atoms with Crippen molar-refractivity contribution in [3.63, 3.8) is 0 Å². The quantitative estimate of drug-likeness (QED) is 0.553. The molecule has 0 aromatic carbocycles. The highest BCUT2D eigenvalue weighted by Gasteiger charge is 1.89. The van der Waals surface area contributed by atoms with Crippen LogP contribution in [0.2, 0.25) is 0 Å². The first-order valence-electron chi connectivity index (χ1n) is 4.22. The first-order chi connectivity index (χ1) is 5.27. The van der Waals surface area contributed by atoms with Gasteiger partial charge in [-0.15, -0.1) is 0 Å². The third kappa shape index (κ3) is 9.43. The number of hydrogen-bond donors (Lipinski definition) is 2. The minimum atomic E-state index is 0.0634. The summed E-state index contributed by atoms with van der Waals surface area (Å²) in [5, 5.41) is 5.98. The molecule has 3 heteroatoms. The van der Waals surface area contributed by atoms with Crippen molar-refractivity contribution in [1.82, 2.24) is 10.6 Å². The number of amides is 1. The summed E-state index contributed by atoms with van der Waals surface area (Å²) in [5.41, 5.74) is 0. The van der Waals surface area contributed by atoms with E-state index in [-0.39, 0.29) is 5.91 Å². The van der Waals surface area contributed by atoms with Gasteiger partial charge in [0.2, 0.25) is 5.91 Å². The SMILES string of the molecule is CCNCCCCNC(C)=O. The molecule has 0 aromatic rings. The first-order valence-corrected chi connectivity index (χ1v) is 4.22. The lowest BCUT2D eigenvalue weighted by Gasteiger charge is -2.01. The van der Waals surface area contributed by atoms with E-state index in [1.54, 1.807) is 6.92 Å². The summed E-state index contributed by atoms with van der Waals surface area (Å²) in [6, 6.07) is 0. The van der Waals surface area contributed by atoms with E-state index >= 15 is 0 Å². The molecule has 0 atom stereocenters. The summed E-state index contributed by atoms with van der Waals surface area (Å²) in [7, 11) is 0.